The van der Waals surface area contributed by atoms with Gasteiger partial charge in [-0.05, 0) is 31.5 Å². The molecule has 2 fully saturated rings. The zero-order valence-corrected chi connectivity index (χ0v) is 13.9. The Bertz CT molecular complexity index is 708. The molecule has 1 aromatic rings. The minimum absolute atomic E-state index is 0.0973. The lowest BCUT2D eigenvalue weighted by atomic mass is 10.2. The van der Waals surface area contributed by atoms with E-state index in [1.807, 2.05) is 6.92 Å². The van der Waals surface area contributed by atoms with E-state index in [0.29, 0.717) is 25.6 Å². The van der Waals surface area contributed by atoms with E-state index >= 15 is 0 Å². The van der Waals surface area contributed by atoms with Gasteiger partial charge in [0.05, 0.1) is 23.2 Å². The summed E-state index contributed by atoms with van der Waals surface area (Å²) in [5.41, 5.74) is -0.976. The molecule has 1 aromatic carbocycles. The van der Waals surface area contributed by atoms with E-state index in [4.69, 9.17) is 4.74 Å². The van der Waals surface area contributed by atoms with Crippen LogP contribution in [0.2, 0.25) is 0 Å². The normalized spacial score (nSPS) is 28.8. The number of nitrogens with one attached hydrogen (secondary N) is 1. The van der Waals surface area contributed by atoms with Crippen LogP contribution in [0.25, 0.3) is 0 Å². The second-order valence-electron chi connectivity index (χ2n) is 6.33. The SMILES string of the molecule is C[C@H]1CN2C[C@H](NS(=O)(=O)c3cccc(C(F)(F)F)c3)C[C@H]2CO1. The van der Waals surface area contributed by atoms with Crippen LogP contribution in [0.5, 0.6) is 0 Å². The number of alkyl halides is 3. The van der Waals surface area contributed by atoms with Crippen LogP contribution in [-0.2, 0) is 20.9 Å². The number of rotatable bonds is 3. The topological polar surface area (TPSA) is 58.6 Å². The predicted molar refractivity (Wildman–Crippen MR) is 80.9 cm³/mol. The summed E-state index contributed by atoms with van der Waals surface area (Å²) in [7, 11) is -4.00. The summed E-state index contributed by atoms with van der Waals surface area (Å²) in [5.74, 6) is 0. The van der Waals surface area contributed by atoms with Gasteiger partial charge in [-0.3, -0.25) is 4.90 Å². The van der Waals surface area contributed by atoms with Gasteiger partial charge in [0.1, 0.15) is 0 Å². The summed E-state index contributed by atoms with van der Waals surface area (Å²) in [6.45, 7) is 3.77. The molecule has 0 saturated carbocycles. The molecule has 1 N–H and O–H groups in total. The first-order valence-electron chi connectivity index (χ1n) is 7.70. The van der Waals surface area contributed by atoms with Crippen LogP contribution in [0, 0.1) is 0 Å². The third-order valence-corrected chi connectivity index (χ3v) is 5.90. The molecule has 2 aliphatic heterocycles. The minimum Gasteiger partial charge on any atom is -0.376 e. The van der Waals surface area contributed by atoms with Crippen LogP contribution < -0.4 is 4.72 Å². The summed E-state index contributed by atoms with van der Waals surface area (Å²) in [6.07, 6.45) is -3.89. The number of sulfonamides is 1. The first kappa shape index (κ1) is 17.7. The van der Waals surface area contributed by atoms with E-state index in [9.17, 15) is 21.6 Å². The van der Waals surface area contributed by atoms with Gasteiger partial charge in [0.15, 0.2) is 0 Å². The fourth-order valence-corrected chi connectivity index (χ4v) is 4.54. The summed E-state index contributed by atoms with van der Waals surface area (Å²) in [5, 5.41) is 0. The molecule has 0 aromatic heterocycles. The number of fused-ring (bicyclic) bond motifs is 1. The van der Waals surface area contributed by atoms with E-state index in [-0.39, 0.29) is 23.1 Å². The number of morpholine rings is 1. The number of hydrogen-bond donors (Lipinski definition) is 1. The van der Waals surface area contributed by atoms with Crippen molar-refractivity contribution in [2.24, 2.45) is 0 Å². The first-order valence-corrected chi connectivity index (χ1v) is 9.19. The lowest BCUT2D eigenvalue weighted by Crippen LogP contribution is -2.45. The second-order valence-corrected chi connectivity index (χ2v) is 8.05. The van der Waals surface area contributed by atoms with Crippen LogP contribution in [0.1, 0.15) is 18.9 Å². The fourth-order valence-electron chi connectivity index (χ4n) is 3.25. The van der Waals surface area contributed by atoms with Crippen LogP contribution in [0.4, 0.5) is 13.2 Å². The van der Waals surface area contributed by atoms with E-state index in [1.54, 1.807) is 0 Å². The van der Waals surface area contributed by atoms with Gasteiger partial charge in [-0.2, -0.15) is 13.2 Å². The molecule has 3 rings (SSSR count). The highest BCUT2D eigenvalue weighted by Crippen LogP contribution is 2.31. The molecule has 2 aliphatic rings. The molecular formula is C15H19F3N2O3S. The zero-order valence-electron chi connectivity index (χ0n) is 13.1. The highest BCUT2D eigenvalue weighted by molar-refractivity contribution is 7.89. The average Bonchev–Trinajstić information content (AvgIpc) is 2.87. The molecule has 2 heterocycles. The average molecular weight is 364 g/mol. The number of benzene rings is 1. The Kier molecular flexibility index (Phi) is 4.63. The first-order chi connectivity index (χ1) is 11.1. The lowest BCUT2D eigenvalue weighted by molar-refractivity contribution is -0.137. The Labute approximate surface area is 138 Å². The van der Waals surface area contributed by atoms with Crippen LogP contribution in [0.3, 0.4) is 0 Å². The Morgan fingerprint density at radius 1 is 1.29 bits per heavy atom. The second kappa shape index (κ2) is 6.29. The smallest absolute Gasteiger partial charge is 0.376 e. The molecule has 0 radical (unpaired) electrons. The molecule has 24 heavy (non-hydrogen) atoms. The third-order valence-electron chi connectivity index (χ3n) is 4.39. The highest BCUT2D eigenvalue weighted by Gasteiger charge is 2.38. The van der Waals surface area contributed by atoms with E-state index < -0.39 is 21.8 Å². The van der Waals surface area contributed by atoms with Crippen molar-refractivity contribution in [3.8, 4) is 0 Å². The molecule has 0 amide bonds. The molecule has 0 aliphatic carbocycles. The minimum atomic E-state index is -4.58. The maximum absolute atomic E-state index is 12.8. The Morgan fingerprint density at radius 3 is 2.75 bits per heavy atom. The number of ether oxygens (including phenoxy) is 1. The molecule has 3 atom stereocenters. The summed E-state index contributed by atoms with van der Waals surface area (Å²) < 4.78 is 71.2. The van der Waals surface area contributed by atoms with Crippen molar-refractivity contribution >= 4 is 10.0 Å². The van der Waals surface area contributed by atoms with Crippen molar-refractivity contribution in [2.75, 3.05) is 19.7 Å². The third kappa shape index (κ3) is 3.74. The summed E-state index contributed by atoms with van der Waals surface area (Å²) in [6, 6.07) is 3.61. The standard InChI is InChI=1S/C15H19F3N2O3S/c1-10-7-20-8-12(6-13(20)9-23-10)19-24(21,22)14-4-2-3-11(5-14)15(16,17)18/h2-5,10,12-13,19H,6-9H2,1H3/t10-,12+,13-/m0/s1. The molecule has 0 unspecified atom stereocenters. The van der Waals surface area contributed by atoms with Crippen LogP contribution >= 0.6 is 0 Å². The van der Waals surface area contributed by atoms with Gasteiger partial charge in [0.25, 0.3) is 0 Å². The highest BCUT2D eigenvalue weighted by atomic mass is 32.2. The summed E-state index contributed by atoms with van der Waals surface area (Å²) >= 11 is 0. The molecule has 134 valence electrons. The van der Waals surface area contributed by atoms with E-state index in [1.165, 1.54) is 6.07 Å². The Hall–Kier alpha value is -1.16. The number of nitrogens with zero attached hydrogens (tertiary/aromatic N) is 1. The quantitative estimate of drug-likeness (QED) is 0.889. The molecule has 9 heteroatoms. The Morgan fingerprint density at radius 2 is 2.04 bits per heavy atom. The predicted octanol–water partition coefficient (Wildman–Crippen LogP) is 1.85. The summed E-state index contributed by atoms with van der Waals surface area (Å²) in [4.78, 5) is 1.79. The molecule has 0 spiro atoms. The molecule has 0 bridgehead atoms. The van der Waals surface area contributed by atoms with Gasteiger partial charge in [-0.15, -0.1) is 0 Å². The van der Waals surface area contributed by atoms with Crippen LogP contribution in [0.15, 0.2) is 29.2 Å². The van der Waals surface area contributed by atoms with Crippen molar-refractivity contribution in [1.29, 1.82) is 0 Å². The van der Waals surface area contributed by atoms with Crippen molar-refractivity contribution in [3.05, 3.63) is 29.8 Å². The maximum atomic E-state index is 12.8. The maximum Gasteiger partial charge on any atom is 0.416 e. The lowest BCUT2D eigenvalue weighted by Gasteiger charge is -2.33. The van der Waals surface area contributed by atoms with E-state index in [2.05, 4.69) is 9.62 Å². The van der Waals surface area contributed by atoms with Gasteiger partial charge in [0.2, 0.25) is 10.0 Å². The number of halogens is 3. The largest absolute Gasteiger partial charge is 0.416 e. The van der Waals surface area contributed by atoms with Crippen molar-refractivity contribution in [3.63, 3.8) is 0 Å². The zero-order chi connectivity index (χ0) is 17.5. The van der Waals surface area contributed by atoms with Gasteiger partial charge >= 0.3 is 6.18 Å². The van der Waals surface area contributed by atoms with E-state index in [0.717, 1.165) is 18.7 Å². The van der Waals surface area contributed by atoms with Crippen LogP contribution in [-0.4, -0.2) is 51.2 Å². The van der Waals surface area contributed by atoms with Gasteiger partial charge in [-0.1, -0.05) is 6.07 Å². The van der Waals surface area contributed by atoms with Crippen molar-refractivity contribution in [1.82, 2.24) is 9.62 Å². The molecule has 5 nitrogen and oxygen atoms in total. The fraction of sp³-hybridized carbons (Fsp3) is 0.600. The van der Waals surface area contributed by atoms with Gasteiger partial charge in [0, 0.05) is 25.2 Å². The van der Waals surface area contributed by atoms with Gasteiger partial charge in [-0.25, -0.2) is 13.1 Å². The Balaban J connectivity index is 1.73. The molecule has 2 saturated heterocycles. The van der Waals surface area contributed by atoms with Crippen molar-refractivity contribution < 1.29 is 26.3 Å². The van der Waals surface area contributed by atoms with Gasteiger partial charge < -0.3 is 4.74 Å². The number of hydrogen-bond acceptors (Lipinski definition) is 4. The van der Waals surface area contributed by atoms with Crippen molar-refractivity contribution in [2.45, 2.75) is 42.6 Å². The molecular weight excluding hydrogens is 345 g/mol. The monoisotopic (exact) mass is 364 g/mol.